The van der Waals surface area contributed by atoms with Gasteiger partial charge in [-0.25, -0.2) is 9.97 Å². The Balaban J connectivity index is 1.55. The Morgan fingerprint density at radius 3 is 2.64 bits per heavy atom. The van der Waals surface area contributed by atoms with Gasteiger partial charge in [-0.1, -0.05) is 39.8 Å². The van der Waals surface area contributed by atoms with E-state index in [1.165, 1.54) is 11.9 Å². The first-order valence-electron chi connectivity index (χ1n) is 13.9. The third kappa shape index (κ3) is 6.21. The molecular formula is C31H40N6OS. The molecule has 8 heteroatoms. The van der Waals surface area contributed by atoms with Gasteiger partial charge in [0.1, 0.15) is 16.7 Å². The molecule has 2 aliphatic rings. The molecule has 206 valence electrons. The molecule has 0 aromatic carbocycles. The molecule has 5 rings (SSSR count). The van der Waals surface area contributed by atoms with Crippen molar-refractivity contribution in [1.82, 2.24) is 19.7 Å². The molecule has 7 nitrogen and oxygen atoms in total. The third-order valence-corrected chi connectivity index (χ3v) is 8.74. The minimum absolute atomic E-state index is 0.122. The fourth-order valence-corrected chi connectivity index (χ4v) is 6.42. The number of aromatic nitrogens is 3. The van der Waals surface area contributed by atoms with Crippen molar-refractivity contribution in [1.29, 1.82) is 0 Å². The molecule has 3 aromatic rings. The molecule has 39 heavy (non-hydrogen) atoms. The topological polar surface area (TPSA) is 83.0 Å². The Morgan fingerprint density at radius 2 is 1.90 bits per heavy atom. The largest absolute Gasteiger partial charge is 0.367 e. The number of carbonyl (C=O) groups excluding carboxylic acids is 1. The zero-order valence-electron chi connectivity index (χ0n) is 23.9. The Morgan fingerprint density at radius 1 is 1.08 bits per heavy atom. The van der Waals surface area contributed by atoms with Crippen molar-refractivity contribution in [3.63, 3.8) is 0 Å². The summed E-state index contributed by atoms with van der Waals surface area (Å²) in [5, 5.41) is 4.43. The van der Waals surface area contributed by atoms with E-state index >= 15 is 0 Å². The predicted octanol–water partition coefficient (Wildman–Crippen LogP) is 6.27. The summed E-state index contributed by atoms with van der Waals surface area (Å²) in [4.78, 5) is 30.5. The van der Waals surface area contributed by atoms with E-state index in [9.17, 15) is 4.79 Å². The predicted molar refractivity (Wildman–Crippen MR) is 159 cm³/mol. The first kappa shape index (κ1) is 27.4. The van der Waals surface area contributed by atoms with Gasteiger partial charge in [-0.05, 0) is 74.9 Å². The maximum Gasteiger partial charge on any atom is 0.265 e. The van der Waals surface area contributed by atoms with Crippen molar-refractivity contribution in [2.45, 2.75) is 82.8 Å². The van der Waals surface area contributed by atoms with Crippen LogP contribution in [0.4, 0.5) is 11.6 Å². The molecule has 3 aromatic heterocycles. The number of carbonyl (C=O) groups is 1. The van der Waals surface area contributed by atoms with Crippen molar-refractivity contribution in [2.24, 2.45) is 11.8 Å². The van der Waals surface area contributed by atoms with Crippen molar-refractivity contribution in [3.8, 4) is 0 Å². The standard InChI is InChI=1S/C31H40N6OS/c1-20-16-23(17-22-10-7-8-15-32-22)33-26-11-9-12-27(35-26)39-36-29(38)24-13-14-25(30(2,3)4)34-28(24)37-19-21(20)18-31(37,5)6/h7-15,20-21,23H,16-19H2,1-6H3,(H,33,35)(H,36,38)/t20-,21-,23?/m0/s1. The zero-order chi connectivity index (χ0) is 27.8. The second-order valence-corrected chi connectivity index (χ2v) is 13.5. The Kier molecular flexibility index (Phi) is 7.60. The lowest BCUT2D eigenvalue weighted by atomic mass is 9.83. The first-order valence-corrected chi connectivity index (χ1v) is 14.7. The molecule has 1 amide bonds. The van der Waals surface area contributed by atoms with E-state index < -0.39 is 0 Å². The van der Waals surface area contributed by atoms with Gasteiger partial charge in [0, 0.05) is 59.5 Å². The molecule has 1 fully saturated rings. The Hall–Kier alpha value is -3.13. The van der Waals surface area contributed by atoms with E-state index in [0.717, 1.165) is 53.9 Å². The molecule has 3 atom stereocenters. The summed E-state index contributed by atoms with van der Waals surface area (Å²) < 4.78 is 3.03. The van der Waals surface area contributed by atoms with Crippen LogP contribution >= 0.6 is 11.9 Å². The smallest absolute Gasteiger partial charge is 0.265 e. The fourth-order valence-electron chi connectivity index (χ4n) is 5.82. The summed E-state index contributed by atoms with van der Waals surface area (Å²) in [6.07, 6.45) is 4.70. The highest BCUT2D eigenvalue weighted by Gasteiger charge is 2.43. The molecule has 5 heterocycles. The summed E-state index contributed by atoms with van der Waals surface area (Å²) in [5.74, 6) is 2.34. The normalized spacial score (nSPS) is 23.2. The second kappa shape index (κ2) is 10.8. The van der Waals surface area contributed by atoms with Crippen molar-refractivity contribution in [2.75, 3.05) is 16.8 Å². The maximum atomic E-state index is 13.6. The highest BCUT2D eigenvalue weighted by molar-refractivity contribution is 7.97. The number of pyridine rings is 3. The maximum absolute atomic E-state index is 13.6. The van der Waals surface area contributed by atoms with Crippen LogP contribution in [0.5, 0.6) is 0 Å². The molecule has 1 unspecified atom stereocenters. The van der Waals surface area contributed by atoms with Crippen LogP contribution in [0.1, 0.15) is 76.1 Å². The number of fused-ring (bicyclic) bond motifs is 6. The van der Waals surface area contributed by atoms with E-state index in [4.69, 9.17) is 9.97 Å². The summed E-state index contributed by atoms with van der Waals surface area (Å²) in [7, 11) is 0. The molecule has 2 N–H and O–H groups in total. The molecular weight excluding hydrogens is 504 g/mol. The van der Waals surface area contributed by atoms with Crippen LogP contribution in [0.2, 0.25) is 0 Å². The average molecular weight is 545 g/mol. The van der Waals surface area contributed by atoms with Gasteiger partial charge in [0.15, 0.2) is 0 Å². The minimum Gasteiger partial charge on any atom is -0.367 e. The minimum atomic E-state index is -0.154. The molecule has 4 bridgehead atoms. The number of nitrogens with one attached hydrogen (secondary N) is 2. The van der Waals surface area contributed by atoms with Crippen molar-refractivity contribution < 1.29 is 4.79 Å². The molecule has 0 spiro atoms. The fraction of sp³-hybridized carbons (Fsp3) is 0.484. The van der Waals surface area contributed by atoms with Gasteiger partial charge in [0.2, 0.25) is 0 Å². The number of anilines is 2. The van der Waals surface area contributed by atoms with Gasteiger partial charge < -0.3 is 10.2 Å². The van der Waals surface area contributed by atoms with E-state index in [2.05, 4.69) is 67.5 Å². The highest BCUT2D eigenvalue weighted by atomic mass is 32.2. The van der Waals surface area contributed by atoms with Crippen molar-refractivity contribution >= 4 is 29.5 Å². The molecule has 0 aliphatic carbocycles. The van der Waals surface area contributed by atoms with Crippen LogP contribution in [-0.4, -0.2) is 39.0 Å². The molecule has 0 radical (unpaired) electrons. The number of amides is 1. The van der Waals surface area contributed by atoms with Gasteiger partial charge in [-0.3, -0.25) is 14.5 Å². The van der Waals surface area contributed by atoms with Gasteiger partial charge in [0.05, 0.1) is 5.56 Å². The third-order valence-electron chi connectivity index (χ3n) is 8.02. The second-order valence-electron chi connectivity index (χ2n) is 12.7. The summed E-state index contributed by atoms with van der Waals surface area (Å²) in [5.41, 5.74) is 2.41. The Labute approximate surface area is 236 Å². The highest BCUT2D eigenvalue weighted by Crippen LogP contribution is 2.42. The van der Waals surface area contributed by atoms with Crippen LogP contribution < -0.4 is 14.9 Å². The van der Waals surface area contributed by atoms with E-state index in [1.54, 1.807) is 0 Å². The molecule has 1 saturated heterocycles. The summed E-state index contributed by atoms with van der Waals surface area (Å²) in [6, 6.07) is 16.1. The number of hydrogen-bond acceptors (Lipinski definition) is 7. The van der Waals surface area contributed by atoms with E-state index in [-0.39, 0.29) is 22.9 Å². The average Bonchev–Trinajstić information content (AvgIpc) is 3.21. The van der Waals surface area contributed by atoms with Crippen molar-refractivity contribution in [3.05, 3.63) is 71.7 Å². The lowest BCUT2D eigenvalue weighted by Gasteiger charge is -2.34. The summed E-state index contributed by atoms with van der Waals surface area (Å²) >= 11 is 1.24. The SMILES string of the molecule is C[C@H]1CC(Cc2ccccn2)Nc2cccc(n2)SNC(=O)c2ccc(C(C)(C)C)nc2N2C[C@@H]1CC2(C)C. The van der Waals surface area contributed by atoms with Crippen LogP contribution in [-0.2, 0) is 11.8 Å². The molecule has 2 aliphatic heterocycles. The Bertz CT molecular complexity index is 1320. The lowest BCUT2D eigenvalue weighted by molar-refractivity contribution is 0.0984. The quantitative estimate of drug-likeness (QED) is 0.368. The van der Waals surface area contributed by atoms with Gasteiger partial charge in [0.25, 0.3) is 5.91 Å². The molecule has 0 saturated carbocycles. The summed E-state index contributed by atoms with van der Waals surface area (Å²) in [6.45, 7) is 14.3. The van der Waals surface area contributed by atoms with E-state index in [1.807, 2.05) is 48.7 Å². The van der Waals surface area contributed by atoms with Gasteiger partial charge in [-0.2, -0.15) is 0 Å². The lowest BCUT2D eigenvalue weighted by Crippen LogP contribution is -2.40. The van der Waals surface area contributed by atoms with Gasteiger partial charge in [-0.15, -0.1) is 0 Å². The van der Waals surface area contributed by atoms with Crippen LogP contribution in [0, 0.1) is 11.8 Å². The number of rotatable bonds is 2. The van der Waals surface area contributed by atoms with Crippen LogP contribution in [0.3, 0.4) is 0 Å². The van der Waals surface area contributed by atoms with Crippen LogP contribution in [0.15, 0.2) is 59.8 Å². The van der Waals surface area contributed by atoms with E-state index in [0.29, 0.717) is 17.4 Å². The van der Waals surface area contributed by atoms with Gasteiger partial charge >= 0.3 is 0 Å². The number of nitrogens with zero attached hydrogens (tertiary/aromatic N) is 4. The monoisotopic (exact) mass is 544 g/mol. The zero-order valence-corrected chi connectivity index (χ0v) is 24.7. The van der Waals surface area contributed by atoms with Crippen LogP contribution in [0.25, 0.3) is 0 Å². The first-order chi connectivity index (χ1) is 18.5. The number of hydrogen-bond donors (Lipinski definition) is 2.